The van der Waals surface area contributed by atoms with Crippen molar-refractivity contribution in [1.82, 2.24) is 19.8 Å². The minimum absolute atomic E-state index is 0.00844. The summed E-state index contributed by atoms with van der Waals surface area (Å²) in [6, 6.07) is 21.0. The van der Waals surface area contributed by atoms with Gasteiger partial charge in [-0.25, -0.2) is 29.5 Å². The van der Waals surface area contributed by atoms with Crippen LogP contribution in [-0.4, -0.2) is 80.9 Å². The molecular formula is C39H26N8O8S2. The first-order valence-electron chi connectivity index (χ1n) is 16.8. The number of aliphatic imine (C=N–C) groups is 2. The summed E-state index contributed by atoms with van der Waals surface area (Å²) in [5, 5.41) is 19.1. The Kier molecular flexibility index (Phi) is 9.84. The highest BCUT2D eigenvalue weighted by Gasteiger charge is 2.63. The van der Waals surface area contributed by atoms with Crippen molar-refractivity contribution in [1.29, 1.82) is 10.5 Å². The Bertz CT molecular complexity index is 2490. The van der Waals surface area contributed by atoms with Gasteiger partial charge >= 0.3 is 11.9 Å². The van der Waals surface area contributed by atoms with Crippen molar-refractivity contribution < 1.29 is 38.2 Å². The van der Waals surface area contributed by atoms with E-state index >= 15 is 0 Å². The Morgan fingerprint density at radius 1 is 0.667 bits per heavy atom. The number of aromatic nitrogens is 2. The Morgan fingerprint density at radius 3 is 1.39 bits per heavy atom. The van der Waals surface area contributed by atoms with Gasteiger partial charge in [0.15, 0.2) is 0 Å². The monoisotopic (exact) mass is 798 g/mol. The molecule has 4 heterocycles. The molecule has 2 aliphatic heterocycles. The quantitative estimate of drug-likeness (QED) is 0.139. The summed E-state index contributed by atoms with van der Waals surface area (Å²) in [6.07, 6.45) is 0. The van der Waals surface area contributed by atoms with E-state index in [4.69, 9.17) is 9.47 Å². The number of hydrogen-bond donors (Lipinski definition) is 0. The van der Waals surface area contributed by atoms with Gasteiger partial charge in [-0.15, -0.1) is 0 Å². The number of likely N-dealkylation sites (N-methyl/N-ethyl adjacent to an activating group) is 2. The lowest BCUT2D eigenvalue weighted by molar-refractivity contribution is -0.164. The average molecular weight is 799 g/mol. The van der Waals surface area contributed by atoms with Gasteiger partial charge in [0.1, 0.15) is 47.9 Å². The molecule has 0 N–H and O–H groups in total. The van der Waals surface area contributed by atoms with Crippen molar-refractivity contribution >= 4 is 79.9 Å². The molecule has 0 atom stereocenters. The van der Waals surface area contributed by atoms with Gasteiger partial charge in [-0.05, 0) is 25.0 Å². The van der Waals surface area contributed by atoms with Gasteiger partial charge in [0.2, 0.25) is 10.3 Å². The fraction of sp³-hybridized carbons (Fsp3) is 0.179. The molecule has 2 aromatic heterocycles. The van der Waals surface area contributed by atoms with Gasteiger partial charge in [0, 0.05) is 25.2 Å². The van der Waals surface area contributed by atoms with Gasteiger partial charge in [-0.2, -0.15) is 10.5 Å². The molecule has 0 fully saturated rings. The van der Waals surface area contributed by atoms with Crippen molar-refractivity contribution in [3.8, 4) is 21.9 Å². The number of imide groups is 2. The van der Waals surface area contributed by atoms with Crippen LogP contribution in [-0.2, 0) is 56.9 Å². The molecule has 4 aromatic rings. The molecule has 4 amide bonds. The minimum atomic E-state index is -2.49. The molecule has 0 unspecified atom stereocenters. The van der Waals surface area contributed by atoms with E-state index in [-0.39, 0.29) is 78.3 Å². The van der Waals surface area contributed by atoms with Crippen LogP contribution in [0.3, 0.4) is 0 Å². The zero-order valence-electron chi connectivity index (χ0n) is 30.3. The van der Waals surface area contributed by atoms with Crippen LogP contribution >= 0.6 is 22.7 Å². The molecule has 0 bridgehead atoms. The third kappa shape index (κ3) is 6.22. The van der Waals surface area contributed by atoms with Crippen LogP contribution in [0.5, 0.6) is 0 Å². The minimum Gasteiger partial charge on any atom is -0.459 e. The first-order chi connectivity index (χ1) is 27.3. The third-order valence-corrected chi connectivity index (χ3v) is 11.4. The number of esters is 2. The smallest absolute Gasteiger partial charge is 0.336 e. The van der Waals surface area contributed by atoms with E-state index in [1.807, 2.05) is 0 Å². The van der Waals surface area contributed by atoms with Crippen molar-refractivity contribution in [2.45, 2.75) is 32.5 Å². The van der Waals surface area contributed by atoms with Gasteiger partial charge in [0.25, 0.3) is 29.0 Å². The largest absolute Gasteiger partial charge is 0.459 e. The molecule has 18 heteroatoms. The van der Waals surface area contributed by atoms with E-state index in [1.165, 1.54) is 27.9 Å². The molecule has 57 heavy (non-hydrogen) atoms. The molecule has 16 nitrogen and oxygen atoms in total. The van der Waals surface area contributed by atoms with Gasteiger partial charge in [-0.1, -0.05) is 83.3 Å². The van der Waals surface area contributed by atoms with Crippen LogP contribution in [0.25, 0.3) is 9.75 Å². The number of rotatable bonds is 8. The van der Waals surface area contributed by atoms with Crippen molar-refractivity contribution in [3.63, 3.8) is 0 Å². The molecule has 282 valence electrons. The zero-order valence-corrected chi connectivity index (χ0v) is 32.0. The maximum Gasteiger partial charge on any atom is 0.336 e. The number of thiazole rings is 2. The molecule has 0 saturated carbocycles. The number of ether oxygens (including phenoxy) is 2. The average Bonchev–Trinajstić information content (AvgIpc) is 3.89. The Hall–Kier alpha value is -7.28. The van der Waals surface area contributed by atoms with E-state index < -0.39 is 41.0 Å². The van der Waals surface area contributed by atoms with Crippen LogP contribution in [0.1, 0.15) is 36.4 Å². The maximum absolute atomic E-state index is 14.7. The van der Waals surface area contributed by atoms with Crippen LogP contribution in [0, 0.1) is 22.7 Å². The Morgan fingerprint density at radius 2 is 1.04 bits per heavy atom. The molecule has 0 spiro atoms. The predicted molar refractivity (Wildman–Crippen MR) is 203 cm³/mol. The second-order valence-electron chi connectivity index (χ2n) is 12.7. The number of nitriles is 2. The number of hydrogen-bond acceptors (Lipinski definition) is 16. The molecule has 7 rings (SSSR count). The number of benzene rings is 2. The fourth-order valence-corrected chi connectivity index (χ4v) is 8.34. The highest BCUT2D eigenvalue weighted by atomic mass is 32.1. The summed E-state index contributed by atoms with van der Waals surface area (Å²) in [7, 11) is 2.41. The van der Waals surface area contributed by atoms with Crippen molar-refractivity contribution in [2.24, 2.45) is 9.98 Å². The zero-order chi connectivity index (χ0) is 40.8. The molecular weight excluding hydrogens is 773 g/mol. The fourth-order valence-electron chi connectivity index (χ4n) is 6.21. The van der Waals surface area contributed by atoms with E-state index in [0.717, 1.165) is 32.5 Å². The summed E-state index contributed by atoms with van der Waals surface area (Å²) >= 11 is 1.76. The summed E-state index contributed by atoms with van der Waals surface area (Å²) in [5.74, 6) is -5.43. The second-order valence-corrected chi connectivity index (χ2v) is 14.7. The van der Waals surface area contributed by atoms with Crippen LogP contribution in [0.2, 0.25) is 0 Å². The summed E-state index contributed by atoms with van der Waals surface area (Å²) in [4.78, 5) is 101. The van der Waals surface area contributed by atoms with Gasteiger partial charge < -0.3 is 9.47 Å². The summed E-state index contributed by atoms with van der Waals surface area (Å²) < 4.78 is 11.7. The number of carbonyl (C=O) groups excluding carboxylic acids is 6. The van der Waals surface area contributed by atoms with Crippen molar-refractivity contribution in [3.05, 3.63) is 105 Å². The van der Waals surface area contributed by atoms with E-state index in [1.54, 1.807) is 72.8 Å². The van der Waals surface area contributed by atoms with Gasteiger partial charge in [0.05, 0.1) is 21.1 Å². The van der Waals surface area contributed by atoms with Gasteiger partial charge in [-0.3, -0.25) is 29.0 Å². The molecule has 0 radical (unpaired) electrons. The second kappa shape index (κ2) is 14.8. The molecule has 0 saturated heterocycles. The highest BCUT2D eigenvalue weighted by molar-refractivity contribution is 7.25. The Balaban J connectivity index is 1.44. The summed E-state index contributed by atoms with van der Waals surface area (Å²) in [5.41, 5.74) is -2.71. The van der Waals surface area contributed by atoms with Crippen LogP contribution in [0.4, 0.5) is 10.3 Å². The lowest BCUT2D eigenvalue weighted by Gasteiger charge is -2.24. The molecule has 3 aliphatic rings. The van der Waals surface area contributed by atoms with Crippen molar-refractivity contribution in [2.75, 3.05) is 14.1 Å². The van der Waals surface area contributed by atoms with Crippen LogP contribution < -0.4 is 0 Å². The first-order valence-corrected chi connectivity index (χ1v) is 18.5. The molecule has 2 aromatic carbocycles. The number of amides is 4. The topological polar surface area (TPSA) is 225 Å². The lowest BCUT2D eigenvalue weighted by Crippen LogP contribution is -2.46. The first kappa shape index (κ1) is 38.0. The number of nitrogens with zero attached hydrogens (tertiary/aromatic N) is 8. The predicted octanol–water partition coefficient (Wildman–Crippen LogP) is 4.18. The van der Waals surface area contributed by atoms with E-state index in [0.29, 0.717) is 11.1 Å². The normalized spacial score (nSPS) is 17.5. The third-order valence-electron chi connectivity index (χ3n) is 9.34. The summed E-state index contributed by atoms with van der Waals surface area (Å²) in [6.45, 7) is 2.27. The number of carbonyl (C=O) groups is 6. The van der Waals surface area contributed by atoms with E-state index in [9.17, 15) is 39.3 Å². The number of fused-ring (bicyclic) bond motifs is 3. The highest BCUT2D eigenvalue weighted by Crippen LogP contribution is 2.57. The van der Waals surface area contributed by atoms with E-state index in [2.05, 4.69) is 20.0 Å². The lowest BCUT2D eigenvalue weighted by atomic mass is 9.84. The SMILES string of the molecule is CC1=C(C#N)C(=O)N(C)C(=O)/C1=N\c1nc2c(s1)-c1sc(/N=C3\C(=O)N(C)C(=O)C(C#N)=C3C)nc1C2(C(=O)OCc1ccccc1)C(=O)OCc1ccccc1. The standard InChI is InChI=1S/C39H26N8O8S2/c1-19-23(15-40)31(48)46(3)33(50)25(19)42-37-44-29-27(56-37)28-30(45-38(57-28)43-26-20(2)24(16-41)32(49)47(4)34(26)51)39(29,35(52)54-17-21-11-7-5-8-12-21)36(53)55-18-22-13-9-6-10-14-22/h5-14H,17-18H2,1-4H3/b42-25-,43-26-. The molecule has 1 aliphatic carbocycles. The van der Waals surface area contributed by atoms with Crippen LogP contribution in [0.15, 0.2) is 92.9 Å². The maximum atomic E-state index is 14.7. The Labute approximate surface area is 331 Å².